The first-order valence-electron chi connectivity index (χ1n) is 9.33. The number of esters is 1. The van der Waals surface area contributed by atoms with Gasteiger partial charge >= 0.3 is 12.1 Å². The molecule has 11 heteroatoms. The summed E-state index contributed by atoms with van der Waals surface area (Å²) in [6, 6.07) is 13.0. The molecule has 0 radical (unpaired) electrons. The Kier molecular flexibility index (Phi) is 6.94. The average molecular weight is 487 g/mol. The van der Waals surface area contributed by atoms with E-state index in [1.54, 1.807) is 24.3 Å². The quantitative estimate of drug-likeness (QED) is 0.354. The van der Waals surface area contributed by atoms with Crippen LogP contribution in [0.5, 0.6) is 0 Å². The van der Waals surface area contributed by atoms with E-state index in [1.165, 1.54) is 24.3 Å². The van der Waals surface area contributed by atoms with Crippen LogP contribution in [0.1, 0.15) is 22.5 Å². The lowest BCUT2D eigenvalue weighted by molar-refractivity contribution is -0.141. The van der Waals surface area contributed by atoms with Crippen molar-refractivity contribution in [3.8, 4) is 16.9 Å². The van der Waals surface area contributed by atoms with E-state index in [2.05, 4.69) is 5.10 Å². The van der Waals surface area contributed by atoms with E-state index in [0.29, 0.717) is 5.56 Å². The molecule has 0 aliphatic heterocycles. The molecule has 2 aromatic carbocycles. The number of hydrogen-bond donors (Lipinski definition) is 0. The highest BCUT2D eigenvalue weighted by Gasteiger charge is 2.35. The highest BCUT2D eigenvalue weighted by Crippen LogP contribution is 2.34. The van der Waals surface area contributed by atoms with Crippen LogP contribution in [0.25, 0.3) is 16.9 Å². The number of rotatable bonds is 7. The van der Waals surface area contributed by atoms with Crippen LogP contribution in [0.15, 0.2) is 54.6 Å². The number of carbonyl (C=O) groups is 1. The molecule has 3 aromatic rings. The van der Waals surface area contributed by atoms with Gasteiger partial charge in [0.15, 0.2) is 5.69 Å². The van der Waals surface area contributed by atoms with Crippen LogP contribution in [0, 0.1) is 0 Å². The van der Waals surface area contributed by atoms with Crippen molar-refractivity contribution < 1.29 is 31.1 Å². The third-order valence-corrected chi connectivity index (χ3v) is 5.74. The van der Waals surface area contributed by atoms with Crippen LogP contribution in [0.2, 0.25) is 5.02 Å². The molecule has 0 amide bonds. The number of halogens is 4. The van der Waals surface area contributed by atoms with Crippen LogP contribution in [-0.4, -0.2) is 42.8 Å². The predicted molar refractivity (Wildman–Crippen MR) is 114 cm³/mol. The molecule has 0 aliphatic carbocycles. The number of nitrogens with zero attached hydrogens (tertiary/aromatic N) is 2. The number of hydrogen-bond acceptors (Lipinski definition) is 5. The summed E-state index contributed by atoms with van der Waals surface area (Å²) in [5.74, 6) is -0.770. The Balaban J connectivity index is 1.86. The smallest absolute Gasteiger partial charge is 0.435 e. The van der Waals surface area contributed by atoms with Crippen molar-refractivity contribution in [2.45, 2.75) is 12.6 Å². The minimum atomic E-state index is -4.66. The first-order valence-corrected chi connectivity index (χ1v) is 11.8. The van der Waals surface area contributed by atoms with Crippen molar-refractivity contribution >= 4 is 27.4 Å². The molecule has 0 atom stereocenters. The summed E-state index contributed by atoms with van der Waals surface area (Å²) in [6.45, 7) is -0.0676. The molecule has 1 aromatic heterocycles. The molecule has 1 heterocycles. The Morgan fingerprint density at radius 3 is 2.38 bits per heavy atom. The highest BCUT2D eigenvalue weighted by atomic mass is 35.5. The van der Waals surface area contributed by atoms with Gasteiger partial charge in [0.25, 0.3) is 0 Å². The lowest BCUT2D eigenvalue weighted by Crippen LogP contribution is -2.10. The fourth-order valence-electron chi connectivity index (χ4n) is 2.88. The third-order valence-electron chi connectivity index (χ3n) is 4.39. The number of carbonyl (C=O) groups excluding carboxylic acids is 1. The monoisotopic (exact) mass is 486 g/mol. The van der Waals surface area contributed by atoms with E-state index in [0.717, 1.165) is 17.0 Å². The Bertz CT molecular complexity index is 1220. The number of para-hydroxylation sites is 1. The van der Waals surface area contributed by atoms with E-state index in [-0.39, 0.29) is 40.7 Å². The molecule has 6 nitrogen and oxygen atoms in total. The third kappa shape index (κ3) is 5.89. The average Bonchev–Trinajstić information content (AvgIpc) is 3.16. The van der Waals surface area contributed by atoms with Gasteiger partial charge in [-0.1, -0.05) is 35.9 Å². The molecule has 0 bridgehead atoms. The maximum atomic E-state index is 13.3. The van der Waals surface area contributed by atoms with Crippen LogP contribution < -0.4 is 0 Å². The number of aromatic nitrogens is 2. The topological polar surface area (TPSA) is 78.3 Å². The van der Waals surface area contributed by atoms with E-state index in [4.69, 9.17) is 16.3 Å². The molecular weight excluding hydrogens is 469 g/mol. The second-order valence-electron chi connectivity index (χ2n) is 6.97. The summed E-state index contributed by atoms with van der Waals surface area (Å²) in [4.78, 5) is 12.1. The molecule has 0 aliphatic rings. The summed E-state index contributed by atoms with van der Waals surface area (Å²) in [6.07, 6.45) is -3.40. The van der Waals surface area contributed by atoms with Gasteiger partial charge in [-0.15, -0.1) is 0 Å². The maximum Gasteiger partial charge on any atom is 0.435 e. The number of alkyl halides is 3. The van der Waals surface area contributed by atoms with Crippen molar-refractivity contribution in [3.63, 3.8) is 0 Å². The second kappa shape index (κ2) is 9.33. The van der Waals surface area contributed by atoms with E-state index in [9.17, 15) is 26.4 Å². The van der Waals surface area contributed by atoms with Gasteiger partial charge in [-0.2, -0.15) is 18.3 Å². The standard InChI is InChI=1S/C21H18ClF3N2O4S/c1-32(29,30)12-4-11-31-20(28)15-9-7-14(8-10-15)18-13-19(21(23,24)25)26-27(18)17-6-3-2-5-16(17)22/h2-3,5-10,13H,4,11-12H2,1H3. The molecule has 0 fully saturated rings. The van der Waals surface area contributed by atoms with Gasteiger partial charge in [0.1, 0.15) is 9.84 Å². The van der Waals surface area contributed by atoms with Gasteiger partial charge in [-0.05, 0) is 36.8 Å². The Morgan fingerprint density at radius 1 is 1.12 bits per heavy atom. The van der Waals surface area contributed by atoms with Gasteiger partial charge in [0, 0.05) is 11.8 Å². The minimum Gasteiger partial charge on any atom is -0.462 e. The lowest BCUT2D eigenvalue weighted by atomic mass is 10.1. The maximum absolute atomic E-state index is 13.3. The van der Waals surface area contributed by atoms with Crippen molar-refractivity contribution in [1.82, 2.24) is 9.78 Å². The zero-order valence-electron chi connectivity index (χ0n) is 16.8. The second-order valence-corrected chi connectivity index (χ2v) is 9.64. The van der Waals surface area contributed by atoms with Gasteiger partial charge < -0.3 is 4.74 Å². The van der Waals surface area contributed by atoms with Gasteiger partial charge in [0.2, 0.25) is 0 Å². The molecule has 170 valence electrons. The summed E-state index contributed by atoms with van der Waals surface area (Å²) >= 11 is 6.16. The normalized spacial score (nSPS) is 12.0. The first-order chi connectivity index (χ1) is 15.0. The summed E-state index contributed by atoms with van der Waals surface area (Å²) in [5.41, 5.74) is -0.121. The first kappa shape index (κ1) is 23.8. The molecule has 3 rings (SSSR count). The molecule has 32 heavy (non-hydrogen) atoms. The van der Waals surface area contributed by atoms with Gasteiger partial charge in [-0.25, -0.2) is 17.9 Å². The lowest BCUT2D eigenvalue weighted by Gasteiger charge is -2.10. The van der Waals surface area contributed by atoms with Crippen molar-refractivity contribution in [2.75, 3.05) is 18.6 Å². The van der Waals surface area contributed by atoms with Gasteiger partial charge in [-0.3, -0.25) is 0 Å². The highest BCUT2D eigenvalue weighted by molar-refractivity contribution is 7.90. The molecule has 0 saturated carbocycles. The van der Waals surface area contributed by atoms with Crippen molar-refractivity contribution in [1.29, 1.82) is 0 Å². The van der Waals surface area contributed by atoms with E-state index in [1.807, 2.05) is 0 Å². The molecule has 0 N–H and O–H groups in total. The Hall–Kier alpha value is -2.85. The van der Waals surface area contributed by atoms with Crippen LogP contribution in [0.3, 0.4) is 0 Å². The fraction of sp³-hybridized carbons (Fsp3) is 0.238. The predicted octanol–water partition coefficient (Wildman–Crippen LogP) is 4.80. The van der Waals surface area contributed by atoms with Crippen molar-refractivity contribution in [2.24, 2.45) is 0 Å². The molecule has 0 saturated heterocycles. The summed E-state index contributed by atoms with van der Waals surface area (Å²) in [7, 11) is -3.15. The van der Waals surface area contributed by atoms with Crippen LogP contribution in [0.4, 0.5) is 13.2 Å². The largest absolute Gasteiger partial charge is 0.462 e. The molecule has 0 unspecified atom stereocenters. The van der Waals surface area contributed by atoms with Crippen molar-refractivity contribution in [3.05, 3.63) is 70.9 Å². The Morgan fingerprint density at radius 2 is 1.78 bits per heavy atom. The zero-order chi connectivity index (χ0) is 23.5. The minimum absolute atomic E-state index is 0.0676. The number of benzene rings is 2. The number of ether oxygens (including phenoxy) is 1. The van der Waals surface area contributed by atoms with E-state index < -0.39 is 27.7 Å². The summed E-state index contributed by atoms with van der Waals surface area (Å²) in [5, 5.41) is 3.90. The fourth-order valence-corrected chi connectivity index (χ4v) is 3.74. The zero-order valence-corrected chi connectivity index (χ0v) is 18.3. The molecular formula is C21H18ClF3N2O4S. The number of sulfone groups is 1. The Labute approximate surface area is 187 Å². The SMILES string of the molecule is CS(=O)(=O)CCCOC(=O)c1ccc(-c2cc(C(F)(F)F)nn2-c2ccccc2Cl)cc1. The van der Waals surface area contributed by atoms with Crippen LogP contribution >= 0.6 is 11.6 Å². The summed E-state index contributed by atoms with van der Waals surface area (Å²) < 4.78 is 68.2. The molecule has 0 spiro atoms. The van der Waals surface area contributed by atoms with E-state index >= 15 is 0 Å². The van der Waals surface area contributed by atoms with Crippen LogP contribution in [-0.2, 0) is 20.8 Å². The van der Waals surface area contributed by atoms with Gasteiger partial charge in [0.05, 0.1) is 34.3 Å².